The number of nitrogens with one attached hydrogen (secondary N) is 1. The average Bonchev–Trinajstić information content (AvgIpc) is 2.65. The summed E-state index contributed by atoms with van der Waals surface area (Å²) in [6.07, 6.45) is 0. The Bertz CT molecular complexity index is 605. The Morgan fingerprint density at radius 3 is 2.47 bits per heavy atom. The van der Waals surface area contributed by atoms with Gasteiger partial charge in [0.2, 0.25) is 0 Å². The van der Waals surface area contributed by atoms with Crippen LogP contribution in [-0.2, 0) is 0 Å². The van der Waals surface area contributed by atoms with Crippen molar-refractivity contribution in [1.29, 1.82) is 0 Å². The lowest BCUT2D eigenvalue weighted by Gasteiger charge is -2.17. The van der Waals surface area contributed by atoms with Gasteiger partial charge >= 0.3 is 0 Å². The molecule has 1 heterocycles. The Balaban J connectivity index is 2.64. The standard InChI is InChI=1S/C14H17Br2N3/c1-8(17-4)12-7-11(15)5-6-13(12)19-10(3)14(16)9(2)18-19/h5-8,17H,1-4H3. The van der Waals surface area contributed by atoms with E-state index in [2.05, 4.69) is 68.3 Å². The quantitative estimate of drug-likeness (QED) is 0.852. The van der Waals surface area contributed by atoms with Crippen LogP contribution in [0.2, 0.25) is 0 Å². The fourth-order valence-electron chi connectivity index (χ4n) is 2.08. The third-order valence-corrected chi connectivity index (χ3v) is 4.96. The van der Waals surface area contributed by atoms with Crippen LogP contribution in [0.15, 0.2) is 27.1 Å². The highest BCUT2D eigenvalue weighted by Gasteiger charge is 2.16. The highest BCUT2D eigenvalue weighted by molar-refractivity contribution is 9.10. The second-order valence-corrected chi connectivity index (χ2v) is 6.32. The van der Waals surface area contributed by atoms with Gasteiger partial charge in [-0.05, 0) is 67.5 Å². The molecule has 1 aromatic heterocycles. The van der Waals surface area contributed by atoms with Crippen molar-refractivity contribution in [3.8, 4) is 5.69 Å². The van der Waals surface area contributed by atoms with Gasteiger partial charge in [0, 0.05) is 10.5 Å². The number of nitrogens with zero attached hydrogens (tertiary/aromatic N) is 2. The maximum atomic E-state index is 4.61. The van der Waals surface area contributed by atoms with E-state index in [0.29, 0.717) is 0 Å². The second kappa shape index (κ2) is 5.77. The average molecular weight is 387 g/mol. The number of aromatic nitrogens is 2. The fraction of sp³-hybridized carbons (Fsp3) is 0.357. The number of rotatable bonds is 3. The topological polar surface area (TPSA) is 29.9 Å². The van der Waals surface area contributed by atoms with Crippen LogP contribution in [0.5, 0.6) is 0 Å². The second-order valence-electron chi connectivity index (χ2n) is 4.61. The van der Waals surface area contributed by atoms with Crippen molar-refractivity contribution in [2.24, 2.45) is 0 Å². The minimum atomic E-state index is 0.259. The fourth-order valence-corrected chi connectivity index (χ4v) is 2.70. The van der Waals surface area contributed by atoms with Crippen molar-refractivity contribution in [3.63, 3.8) is 0 Å². The van der Waals surface area contributed by atoms with E-state index < -0.39 is 0 Å². The van der Waals surface area contributed by atoms with Crippen LogP contribution in [0.3, 0.4) is 0 Å². The van der Waals surface area contributed by atoms with Gasteiger partial charge in [0.15, 0.2) is 0 Å². The number of benzene rings is 1. The highest BCUT2D eigenvalue weighted by Crippen LogP contribution is 2.29. The SMILES string of the molecule is CNC(C)c1cc(Br)ccc1-n1nc(C)c(Br)c1C. The van der Waals surface area contributed by atoms with Crippen LogP contribution < -0.4 is 5.32 Å². The smallest absolute Gasteiger partial charge is 0.0743 e. The summed E-state index contributed by atoms with van der Waals surface area (Å²) in [6.45, 7) is 6.22. The van der Waals surface area contributed by atoms with Crippen molar-refractivity contribution < 1.29 is 0 Å². The van der Waals surface area contributed by atoms with E-state index in [1.165, 1.54) is 5.56 Å². The molecule has 0 saturated heterocycles. The zero-order valence-electron chi connectivity index (χ0n) is 11.5. The normalized spacial score (nSPS) is 12.7. The van der Waals surface area contributed by atoms with E-state index in [4.69, 9.17) is 0 Å². The maximum absolute atomic E-state index is 4.61. The van der Waals surface area contributed by atoms with E-state index in [-0.39, 0.29) is 6.04 Å². The lowest BCUT2D eigenvalue weighted by Crippen LogP contribution is -2.16. The van der Waals surface area contributed by atoms with Crippen LogP contribution >= 0.6 is 31.9 Å². The van der Waals surface area contributed by atoms with Crippen LogP contribution in [0, 0.1) is 13.8 Å². The molecular weight excluding hydrogens is 370 g/mol. The summed E-state index contributed by atoms with van der Waals surface area (Å²) in [5.74, 6) is 0. The first-order chi connectivity index (χ1) is 8.95. The Morgan fingerprint density at radius 2 is 1.95 bits per heavy atom. The molecule has 0 aliphatic rings. The number of halogens is 2. The molecule has 2 aromatic rings. The van der Waals surface area contributed by atoms with Gasteiger partial charge in [0.05, 0.1) is 21.5 Å². The molecule has 0 aliphatic carbocycles. The van der Waals surface area contributed by atoms with Crippen molar-refractivity contribution in [3.05, 3.63) is 44.1 Å². The minimum absolute atomic E-state index is 0.259. The summed E-state index contributed by atoms with van der Waals surface area (Å²) < 4.78 is 4.14. The first-order valence-electron chi connectivity index (χ1n) is 6.14. The van der Waals surface area contributed by atoms with E-state index in [9.17, 15) is 0 Å². The molecule has 0 spiro atoms. The number of hydrogen-bond acceptors (Lipinski definition) is 2. The van der Waals surface area contributed by atoms with Gasteiger partial charge in [0.1, 0.15) is 0 Å². The van der Waals surface area contributed by atoms with Crippen molar-refractivity contribution in [1.82, 2.24) is 15.1 Å². The van der Waals surface area contributed by atoms with Crippen LogP contribution in [-0.4, -0.2) is 16.8 Å². The monoisotopic (exact) mass is 385 g/mol. The lowest BCUT2D eigenvalue weighted by atomic mass is 10.1. The summed E-state index contributed by atoms with van der Waals surface area (Å²) in [7, 11) is 1.96. The Morgan fingerprint density at radius 1 is 1.26 bits per heavy atom. The third-order valence-electron chi connectivity index (χ3n) is 3.32. The molecule has 3 nitrogen and oxygen atoms in total. The van der Waals surface area contributed by atoms with Crippen LogP contribution in [0.25, 0.3) is 5.69 Å². The third kappa shape index (κ3) is 2.78. The summed E-state index contributed by atoms with van der Waals surface area (Å²) >= 11 is 7.12. The highest BCUT2D eigenvalue weighted by atomic mass is 79.9. The first kappa shape index (κ1) is 14.8. The van der Waals surface area contributed by atoms with Gasteiger partial charge in [-0.2, -0.15) is 5.10 Å². The molecule has 19 heavy (non-hydrogen) atoms. The number of hydrogen-bond donors (Lipinski definition) is 1. The molecule has 0 saturated carbocycles. The van der Waals surface area contributed by atoms with Gasteiger partial charge in [-0.25, -0.2) is 4.68 Å². The molecule has 1 aromatic carbocycles. The molecule has 5 heteroatoms. The van der Waals surface area contributed by atoms with E-state index in [1.54, 1.807) is 0 Å². The van der Waals surface area contributed by atoms with Crippen LogP contribution in [0.1, 0.15) is 29.9 Å². The Labute approximate surface area is 130 Å². The summed E-state index contributed by atoms with van der Waals surface area (Å²) in [4.78, 5) is 0. The van der Waals surface area contributed by atoms with Gasteiger partial charge in [0.25, 0.3) is 0 Å². The Hall–Kier alpha value is -0.650. The largest absolute Gasteiger partial charge is 0.313 e. The van der Waals surface area contributed by atoms with E-state index in [0.717, 1.165) is 26.0 Å². The van der Waals surface area contributed by atoms with E-state index in [1.807, 2.05) is 24.7 Å². The molecule has 2 rings (SSSR count). The lowest BCUT2D eigenvalue weighted by molar-refractivity contribution is 0.642. The molecule has 1 unspecified atom stereocenters. The van der Waals surface area contributed by atoms with Crippen molar-refractivity contribution in [2.45, 2.75) is 26.8 Å². The molecule has 1 atom stereocenters. The van der Waals surface area contributed by atoms with Gasteiger partial charge in [-0.3, -0.25) is 0 Å². The molecular formula is C14H17Br2N3. The molecule has 0 fully saturated rings. The minimum Gasteiger partial charge on any atom is -0.313 e. The van der Waals surface area contributed by atoms with E-state index >= 15 is 0 Å². The molecule has 102 valence electrons. The zero-order valence-corrected chi connectivity index (χ0v) is 14.6. The molecule has 0 radical (unpaired) electrons. The predicted molar refractivity (Wildman–Crippen MR) is 85.9 cm³/mol. The summed E-state index contributed by atoms with van der Waals surface area (Å²) in [5, 5.41) is 7.90. The van der Waals surface area contributed by atoms with Crippen molar-refractivity contribution in [2.75, 3.05) is 7.05 Å². The summed E-state index contributed by atoms with van der Waals surface area (Å²) in [6, 6.07) is 6.54. The molecule has 0 aliphatic heterocycles. The van der Waals surface area contributed by atoms with Gasteiger partial charge in [-0.1, -0.05) is 15.9 Å². The molecule has 0 bridgehead atoms. The maximum Gasteiger partial charge on any atom is 0.0743 e. The number of aryl methyl sites for hydroxylation is 1. The molecule has 0 amide bonds. The van der Waals surface area contributed by atoms with Gasteiger partial charge in [-0.15, -0.1) is 0 Å². The van der Waals surface area contributed by atoms with Crippen LogP contribution in [0.4, 0.5) is 0 Å². The summed E-state index contributed by atoms with van der Waals surface area (Å²) in [5.41, 5.74) is 4.44. The Kier molecular flexibility index (Phi) is 4.48. The zero-order chi connectivity index (χ0) is 14.2. The predicted octanol–water partition coefficient (Wildman–Crippen LogP) is 4.29. The first-order valence-corrected chi connectivity index (χ1v) is 7.73. The van der Waals surface area contributed by atoms with Crippen molar-refractivity contribution >= 4 is 31.9 Å². The molecule has 1 N–H and O–H groups in total. The van der Waals surface area contributed by atoms with Gasteiger partial charge < -0.3 is 5.32 Å².